The van der Waals surface area contributed by atoms with Crippen LogP contribution in [0.1, 0.15) is 37.6 Å². The largest absolute Gasteiger partial charge is 0.575 e. The predicted molar refractivity (Wildman–Crippen MR) is 108 cm³/mol. The van der Waals surface area contributed by atoms with Crippen LogP contribution in [0.2, 0.25) is 0 Å². The maximum Gasteiger partial charge on any atom is 0.395 e. The summed E-state index contributed by atoms with van der Waals surface area (Å²) < 4.78 is 19.9. The van der Waals surface area contributed by atoms with Gasteiger partial charge in [0.2, 0.25) is 5.75 Å². The molecule has 0 saturated heterocycles. The van der Waals surface area contributed by atoms with Gasteiger partial charge in [-0.3, -0.25) is 9.51 Å². The number of hydrogen-bond acceptors (Lipinski definition) is 9. The number of carbonyl (C=O) groups excluding carboxylic acids is 1. The lowest BCUT2D eigenvalue weighted by Gasteiger charge is -2.13. The van der Waals surface area contributed by atoms with E-state index in [0.717, 1.165) is 0 Å². The Bertz CT molecular complexity index is 918. The van der Waals surface area contributed by atoms with E-state index in [1.807, 2.05) is 0 Å². The normalized spacial score (nSPS) is 12.6. The van der Waals surface area contributed by atoms with E-state index in [2.05, 4.69) is 9.73 Å². The van der Waals surface area contributed by atoms with Crippen LogP contribution in [-0.2, 0) is 22.7 Å². The highest BCUT2D eigenvalue weighted by Gasteiger charge is 2.21. The fourth-order valence-electron chi connectivity index (χ4n) is 2.41. The summed E-state index contributed by atoms with van der Waals surface area (Å²) in [4.78, 5) is 28.1. The summed E-state index contributed by atoms with van der Waals surface area (Å²) in [5, 5.41) is 19.6. The average Bonchev–Trinajstić information content (AvgIpc) is 2.69. The molecule has 0 fully saturated rings. The number of aryl methyl sites for hydroxylation is 1. The van der Waals surface area contributed by atoms with Crippen LogP contribution < -0.4 is 14.2 Å². The molecule has 0 aliphatic carbocycles. The molecule has 1 aromatic carbocycles. The van der Waals surface area contributed by atoms with Crippen LogP contribution in [-0.4, -0.2) is 33.3 Å². The monoisotopic (exact) mass is 436 g/mol. The number of esters is 1. The van der Waals surface area contributed by atoms with E-state index in [1.165, 1.54) is 13.1 Å². The Morgan fingerprint density at radius 1 is 1.27 bits per heavy atom. The Morgan fingerprint density at radius 2 is 1.93 bits per heavy atom. The SMILES string of the molecule is Cc1ncc(COc2ccccc2O[P+]([O-])=N[C@@H](C)C(=O)OC(C)C)c(CO)c1O. The number of aliphatic hydroxyl groups is 1. The summed E-state index contributed by atoms with van der Waals surface area (Å²) in [5.41, 5.74) is 1.21. The third kappa shape index (κ3) is 6.38. The molecule has 0 spiro atoms. The molecule has 10 heteroatoms. The van der Waals surface area contributed by atoms with E-state index >= 15 is 0 Å². The minimum Gasteiger partial charge on any atom is -0.575 e. The highest BCUT2D eigenvalue weighted by atomic mass is 31.1. The first-order valence-corrected chi connectivity index (χ1v) is 10.4. The molecule has 30 heavy (non-hydrogen) atoms. The Labute approximate surface area is 175 Å². The van der Waals surface area contributed by atoms with Gasteiger partial charge in [-0.05, 0) is 39.8 Å². The van der Waals surface area contributed by atoms with Crippen molar-refractivity contribution in [3.05, 3.63) is 47.3 Å². The Hall–Kier alpha value is -2.74. The number of ether oxygens (including phenoxy) is 2. The van der Waals surface area contributed by atoms with Crippen LogP contribution >= 0.6 is 8.17 Å². The molecule has 0 aliphatic heterocycles. The maximum absolute atomic E-state index is 12.2. The van der Waals surface area contributed by atoms with Gasteiger partial charge in [-0.15, -0.1) is 0 Å². The number of para-hydroxylation sites is 2. The van der Waals surface area contributed by atoms with Gasteiger partial charge in [0.1, 0.15) is 12.4 Å². The Kier molecular flexibility index (Phi) is 8.53. The molecular weight excluding hydrogens is 411 g/mol. The number of benzene rings is 1. The molecule has 0 amide bonds. The van der Waals surface area contributed by atoms with Gasteiger partial charge in [-0.25, -0.2) is 4.79 Å². The number of hydrogen-bond donors (Lipinski definition) is 2. The van der Waals surface area contributed by atoms with Gasteiger partial charge in [0.25, 0.3) is 0 Å². The Balaban J connectivity index is 2.12. The van der Waals surface area contributed by atoms with Crippen molar-refractivity contribution in [3.63, 3.8) is 0 Å². The van der Waals surface area contributed by atoms with Crippen molar-refractivity contribution in [1.82, 2.24) is 4.98 Å². The number of aromatic nitrogens is 1. The number of carbonyl (C=O) groups is 1. The van der Waals surface area contributed by atoms with Crippen LogP contribution in [0, 0.1) is 6.92 Å². The molecule has 2 atom stereocenters. The van der Waals surface area contributed by atoms with Gasteiger partial charge in [0, 0.05) is 17.3 Å². The van der Waals surface area contributed by atoms with Gasteiger partial charge in [-0.2, -0.15) is 0 Å². The standard InChI is InChI=1S/C20H25N2O7P/c1-12(2)28-20(25)14(4)22-30(26)29-18-8-6-5-7-17(18)27-11-15-9-21-13(3)19(24)16(15)10-23/h5-9,12,14,23-24H,10-11H2,1-4H3/t14-/m0/s1. The van der Waals surface area contributed by atoms with Crippen molar-refractivity contribution < 1.29 is 33.9 Å². The van der Waals surface area contributed by atoms with E-state index in [4.69, 9.17) is 14.0 Å². The second kappa shape index (κ2) is 10.9. The molecule has 0 bridgehead atoms. The van der Waals surface area contributed by atoms with Crippen LogP contribution in [0.25, 0.3) is 0 Å². The first-order valence-electron chi connectivity index (χ1n) is 9.28. The zero-order valence-electron chi connectivity index (χ0n) is 17.2. The van der Waals surface area contributed by atoms with E-state index < -0.39 is 20.2 Å². The van der Waals surface area contributed by atoms with E-state index in [1.54, 1.807) is 45.0 Å². The second-order valence-corrected chi connectivity index (χ2v) is 7.58. The van der Waals surface area contributed by atoms with Gasteiger partial charge < -0.3 is 24.6 Å². The van der Waals surface area contributed by atoms with Crippen molar-refractivity contribution in [3.8, 4) is 17.2 Å². The molecule has 2 rings (SSSR count). The summed E-state index contributed by atoms with van der Waals surface area (Å²) in [6.07, 6.45) is 1.20. The van der Waals surface area contributed by atoms with E-state index in [-0.39, 0.29) is 36.6 Å². The quantitative estimate of drug-likeness (QED) is 0.453. The molecule has 1 unspecified atom stereocenters. The maximum atomic E-state index is 12.2. The minimum absolute atomic E-state index is 0.0118. The zero-order valence-corrected chi connectivity index (χ0v) is 18.1. The van der Waals surface area contributed by atoms with Crippen LogP contribution in [0.3, 0.4) is 0 Å². The lowest BCUT2D eigenvalue weighted by atomic mass is 10.1. The average molecular weight is 436 g/mol. The molecule has 9 nitrogen and oxygen atoms in total. The molecule has 0 saturated carbocycles. The van der Waals surface area contributed by atoms with Gasteiger partial charge in [0.05, 0.1) is 18.4 Å². The van der Waals surface area contributed by atoms with Crippen molar-refractivity contribution in [1.29, 1.82) is 0 Å². The topological polar surface area (TPSA) is 134 Å². The minimum atomic E-state index is -2.55. The number of aromatic hydroxyl groups is 1. The first kappa shape index (κ1) is 23.5. The molecule has 162 valence electrons. The second-order valence-electron chi connectivity index (χ2n) is 6.70. The first-order chi connectivity index (χ1) is 14.2. The number of pyridine rings is 1. The van der Waals surface area contributed by atoms with Crippen molar-refractivity contribution in [2.24, 2.45) is 4.74 Å². The third-order valence-electron chi connectivity index (χ3n) is 3.96. The lowest BCUT2D eigenvalue weighted by Crippen LogP contribution is -2.21. The fraction of sp³-hybridized carbons (Fsp3) is 0.400. The van der Waals surface area contributed by atoms with Crippen molar-refractivity contribution in [2.75, 3.05) is 0 Å². The summed E-state index contributed by atoms with van der Waals surface area (Å²) in [5.74, 6) is -0.240. The molecule has 1 heterocycles. The van der Waals surface area contributed by atoms with Crippen LogP contribution in [0.5, 0.6) is 17.2 Å². The molecular formula is C20H25N2O7P. The molecule has 2 N–H and O–H groups in total. The van der Waals surface area contributed by atoms with Crippen LogP contribution in [0.15, 0.2) is 35.2 Å². The lowest BCUT2D eigenvalue weighted by molar-refractivity contribution is -0.170. The molecule has 0 radical (unpaired) electrons. The highest BCUT2D eigenvalue weighted by Crippen LogP contribution is 2.34. The van der Waals surface area contributed by atoms with E-state index in [0.29, 0.717) is 16.8 Å². The predicted octanol–water partition coefficient (Wildman–Crippen LogP) is 2.74. The number of aliphatic hydroxyl groups excluding tert-OH is 1. The molecule has 2 aromatic rings. The number of rotatable bonds is 9. The van der Waals surface area contributed by atoms with Gasteiger partial charge in [-0.1, -0.05) is 16.9 Å². The van der Waals surface area contributed by atoms with Crippen molar-refractivity contribution in [2.45, 2.75) is 53.1 Å². The van der Waals surface area contributed by atoms with Gasteiger partial charge in [0.15, 0.2) is 11.8 Å². The summed E-state index contributed by atoms with van der Waals surface area (Å²) in [6, 6.07) is 5.58. The summed E-state index contributed by atoms with van der Waals surface area (Å²) in [7, 11) is -2.55. The summed E-state index contributed by atoms with van der Waals surface area (Å²) >= 11 is 0. The van der Waals surface area contributed by atoms with E-state index in [9.17, 15) is 19.9 Å². The molecule has 1 aromatic heterocycles. The third-order valence-corrected chi connectivity index (χ3v) is 4.85. The highest BCUT2D eigenvalue weighted by molar-refractivity contribution is 7.34. The van der Waals surface area contributed by atoms with Crippen molar-refractivity contribution >= 4 is 14.1 Å². The zero-order chi connectivity index (χ0) is 22.3. The number of nitrogens with zero attached hydrogens (tertiary/aromatic N) is 2. The fourth-order valence-corrected chi connectivity index (χ4v) is 3.16. The summed E-state index contributed by atoms with van der Waals surface area (Å²) in [6.45, 7) is 6.13. The Morgan fingerprint density at radius 3 is 2.57 bits per heavy atom. The smallest absolute Gasteiger partial charge is 0.395 e. The molecule has 0 aliphatic rings. The van der Waals surface area contributed by atoms with Gasteiger partial charge >= 0.3 is 14.1 Å². The van der Waals surface area contributed by atoms with Crippen LogP contribution in [0.4, 0.5) is 0 Å².